The van der Waals surface area contributed by atoms with Crippen LogP contribution < -0.4 is 29.6 Å². The van der Waals surface area contributed by atoms with Crippen molar-refractivity contribution in [1.82, 2.24) is 0 Å². The van der Waals surface area contributed by atoms with Gasteiger partial charge in [-0.05, 0) is 6.42 Å². The van der Waals surface area contributed by atoms with Crippen molar-refractivity contribution in [3.63, 3.8) is 0 Å². The summed E-state index contributed by atoms with van der Waals surface area (Å²) >= 11 is 0. The first kappa shape index (κ1) is 25.6. The molecule has 0 N–H and O–H groups in total. The molecule has 4 nitrogen and oxygen atoms in total. The quantitative estimate of drug-likeness (QED) is 0.210. The van der Waals surface area contributed by atoms with Crippen LogP contribution in [0.25, 0.3) is 0 Å². The van der Waals surface area contributed by atoms with Crippen LogP contribution in [0.15, 0.2) is 0 Å². The van der Waals surface area contributed by atoms with Crippen molar-refractivity contribution in [3.8, 4) is 0 Å². The van der Waals surface area contributed by atoms with Gasteiger partial charge in [-0.2, -0.15) is 0 Å². The predicted molar refractivity (Wildman–Crippen MR) is 76.0 cm³/mol. The molecule has 0 heterocycles. The molecule has 0 aromatic heterocycles. The predicted octanol–water partition coefficient (Wildman–Crippen LogP) is -0.528. The van der Waals surface area contributed by atoms with Gasteiger partial charge in [0.2, 0.25) is 10.4 Å². The average molecular weight is 315 g/mol. The van der Waals surface area contributed by atoms with Gasteiger partial charge in [-0.1, -0.05) is 64.7 Å². The number of rotatable bonds is 12. The summed E-state index contributed by atoms with van der Waals surface area (Å²) in [4.78, 5) is 0. The number of hydrogen-bond donors (Lipinski definition) is 0. The van der Waals surface area contributed by atoms with Gasteiger partial charge < -0.3 is 4.55 Å². The summed E-state index contributed by atoms with van der Waals surface area (Å²) < 4.78 is 34.5. The van der Waals surface area contributed by atoms with Crippen LogP contribution in [0, 0.1) is 0 Å². The van der Waals surface area contributed by atoms with E-state index in [0.29, 0.717) is 6.42 Å². The third-order valence-electron chi connectivity index (χ3n) is 2.73. The Bertz CT molecular complexity index is 260. The maximum atomic E-state index is 10.1. The number of hydrogen-bond acceptors (Lipinski definition) is 4. The Morgan fingerprint density at radius 1 is 0.842 bits per heavy atom. The van der Waals surface area contributed by atoms with Crippen molar-refractivity contribution in [3.05, 3.63) is 0 Å². The van der Waals surface area contributed by atoms with E-state index in [9.17, 15) is 13.0 Å². The molecule has 0 rings (SSSR count). The van der Waals surface area contributed by atoms with Gasteiger partial charge in [-0.25, -0.2) is 8.42 Å². The molecule has 108 valence electrons. The SMILES string of the molecule is CCCCCCCCCCCCOS(=O)(=O)[O-].[MgH2].[Na+]. The molecule has 0 aliphatic rings. The molecule has 0 atom stereocenters. The van der Waals surface area contributed by atoms with Gasteiger partial charge in [-0.15, -0.1) is 0 Å². The summed E-state index contributed by atoms with van der Waals surface area (Å²) in [5, 5.41) is 0. The van der Waals surface area contributed by atoms with Crippen molar-refractivity contribution in [1.29, 1.82) is 0 Å². The van der Waals surface area contributed by atoms with E-state index in [0.717, 1.165) is 12.8 Å². The van der Waals surface area contributed by atoms with Crippen LogP contribution >= 0.6 is 0 Å². The van der Waals surface area contributed by atoms with Crippen LogP contribution in [0.2, 0.25) is 0 Å². The Kier molecular flexibility index (Phi) is 23.8. The van der Waals surface area contributed by atoms with Crippen LogP contribution in [0.4, 0.5) is 0 Å². The minimum atomic E-state index is -4.48. The zero-order chi connectivity index (χ0) is 13.0. The third-order valence-corrected chi connectivity index (χ3v) is 3.18. The summed E-state index contributed by atoms with van der Waals surface area (Å²) in [6, 6.07) is 0. The largest absolute Gasteiger partial charge is 1.00 e. The fourth-order valence-electron chi connectivity index (χ4n) is 1.75. The van der Waals surface area contributed by atoms with Crippen LogP contribution in [0.5, 0.6) is 0 Å². The van der Waals surface area contributed by atoms with Crippen molar-refractivity contribution in [2.45, 2.75) is 71.1 Å². The van der Waals surface area contributed by atoms with Gasteiger partial charge in [-0.3, -0.25) is 4.18 Å². The third kappa shape index (κ3) is 25.0. The van der Waals surface area contributed by atoms with Crippen LogP contribution in [-0.4, -0.2) is 42.6 Å². The first-order valence-corrected chi connectivity index (χ1v) is 8.00. The molecule has 19 heavy (non-hydrogen) atoms. The fourth-order valence-corrected chi connectivity index (χ4v) is 2.07. The Morgan fingerprint density at radius 2 is 1.21 bits per heavy atom. The molecule has 0 aromatic carbocycles. The zero-order valence-electron chi connectivity index (χ0n) is 11.8. The normalized spacial score (nSPS) is 10.6. The maximum absolute atomic E-state index is 10.1. The molecule has 0 radical (unpaired) electrons. The summed E-state index contributed by atoms with van der Waals surface area (Å²) in [5.74, 6) is 0. The molecule has 0 aliphatic carbocycles. The van der Waals surface area contributed by atoms with Gasteiger partial charge in [0.05, 0.1) is 6.61 Å². The molecular weight excluding hydrogens is 287 g/mol. The zero-order valence-corrected chi connectivity index (χ0v) is 14.6. The number of unbranched alkanes of at least 4 members (excludes halogenated alkanes) is 9. The van der Waals surface area contributed by atoms with E-state index in [1.165, 1.54) is 44.9 Å². The summed E-state index contributed by atoms with van der Waals surface area (Å²) in [6.07, 6.45) is 11.7. The van der Waals surface area contributed by atoms with Crippen molar-refractivity contribution in [2.75, 3.05) is 6.61 Å². The van der Waals surface area contributed by atoms with E-state index < -0.39 is 10.4 Å². The summed E-state index contributed by atoms with van der Waals surface area (Å²) in [7, 11) is -4.48. The summed E-state index contributed by atoms with van der Waals surface area (Å²) in [5.41, 5.74) is 0. The second kappa shape index (κ2) is 17.7. The molecule has 0 spiro atoms. The molecule has 0 aliphatic heterocycles. The second-order valence-corrected chi connectivity index (χ2v) is 5.46. The maximum Gasteiger partial charge on any atom is 1.00 e. The van der Waals surface area contributed by atoms with Crippen LogP contribution in [0.3, 0.4) is 0 Å². The van der Waals surface area contributed by atoms with Gasteiger partial charge in [0, 0.05) is 0 Å². The van der Waals surface area contributed by atoms with Crippen molar-refractivity contribution >= 4 is 33.5 Å². The van der Waals surface area contributed by atoms with Gasteiger partial charge >= 0.3 is 52.6 Å². The van der Waals surface area contributed by atoms with Gasteiger partial charge in [0.15, 0.2) is 0 Å². The molecule has 0 amide bonds. The minimum Gasteiger partial charge on any atom is -0.726 e. The van der Waals surface area contributed by atoms with E-state index in [1.807, 2.05) is 0 Å². The topological polar surface area (TPSA) is 66.4 Å². The Morgan fingerprint density at radius 3 is 1.58 bits per heavy atom. The molecule has 0 bridgehead atoms. The minimum absolute atomic E-state index is 0. The Balaban J connectivity index is -0.00000128. The van der Waals surface area contributed by atoms with E-state index in [1.54, 1.807) is 0 Å². The molecule has 0 aromatic rings. The average Bonchev–Trinajstić information content (AvgIpc) is 2.24. The first-order valence-electron chi connectivity index (χ1n) is 6.66. The molecule has 0 unspecified atom stereocenters. The van der Waals surface area contributed by atoms with Crippen LogP contribution in [0.1, 0.15) is 71.1 Å². The van der Waals surface area contributed by atoms with Gasteiger partial charge in [0.1, 0.15) is 0 Å². The van der Waals surface area contributed by atoms with Crippen LogP contribution in [-0.2, 0) is 14.6 Å². The molecule has 0 fully saturated rings. The van der Waals surface area contributed by atoms with E-state index in [4.69, 9.17) is 0 Å². The summed E-state index contributed by atoms with van der Waals surface area (Å²) in [6.45, 7) is 2.24. The Labute approximate surface area is 156 Å². The molecular formula is C12H27MgNaO4S. The van der Waals surface area contributed by atoms with E-state index in [2.05, 4.69) is 11.1 Å². The smallest absolute Gasteiger partial charge is 0.726 e. The second-order valence-electron chi connectivity index (χ2n) is 4.41. The molecule has 0 saturated heterocycles. The monoisotopic (exact) mass is 314 g/mol. The first-order chi connectivity index (χ1) is 8.06. The Hall–Kier alpha value is 1.64. The van der Waals surface area contributed by atoms with Gasteiger partial charge in [0.25, 0.3) is 0 Å². The van der Waals surface area contributed by atoms with E-state index in [-0.39, 0.29) is 59.2 Å². The van der Waals surface area contributed by atoms with E-state index >= 15 is 0 Å². The molecule has 7 heteroatoms. The van der Waals surface area contributed by atoms with Crippen molar-refractivity contribution in [2.24, 2.45) is 0 Å². The standard InChI is InChI=1S/C12H26O4S.Mg.Na.2H/c1-2-3-4-5-6-7-8-9-10-11-12-16-17(13,14)15;;;;/h2-12H2,1H3,(H,13,14,15);;;;/q;;+1;;/p-1. The fraction of sp³-hybridized carbons (Fsp3) is 1.00. The van der Waals surface area contributed by atoms with Crippen molar-refractivity contribution < 1.29 is 46.7 Å². The molecule has 0 saturated carbocycles.